The van der Waals surface area contributed by atoms with Crippen LogP contribution in [0.4, 0.5) is 32.0 Å². The van der Waals surface area contributed by atoms with Crippen molar-refractivity contribution in [2.45, 2.75) is 23.2 Å². The average molecular weight is 508 g/mol. The summed E-state index contributed by atoms with van der Waals surface area (Å²) in [6.07, 6.45) is -9.70. The topological polar surface area (TPSA) is 83.6 Å². The summed E-state index contributed by atoms with van der Waals surface area (Å²) < 4.78 is 103. The highest BCUT2D eigenvalue weighted by Gasteiger charge is 2.47. The molecule has 0 spiro atoms. The summed E-state index contributed by atoms with van der Waals surface area (Å²) in [7, 11) is -2.48. The summed E-state index contributed by atoms with van der Waals surface area (Å²) in [6, 6.07) is 6.70. The van der Waals surface area contributed by atoms with Gasteiger partial charge in [0.2, 0.25) is 11.8 Å². The molecule has 1 heterocycles. The van der Waals surface area contributed by atoms with Crippen molar-refractivity contribution in [1.82, 2.24) is 4.90 Å². The molecule has 1 saturated heterocycles. The fourth-order valence-electron chi connectivity index (χ4n) is 3.87. The maximum atomic E-state index is 13.4. The van der Waals surface area contributed by atoms with E-state index in [1.807, 2.05) is 0 Å². The fourth-order valence-corrected chi connectivity index (χ4v) is 4.71. The molecule has 0 radical (unpaired) electrons. The van der Waals surface area contributed by atoms with Gasteiger partial charge in [0.15, 0.2) is 9.84 Å². The molecule has 184 valence electrons. The highest BCUT2D eigenvalue weighted by Crippen LogP contribution is 2.43. The quantitative estimate of drug-likeness (QED) is 0.501. The summed E-state index contributed by atoms with van der Waals surface area (Å²) in [5.41, 5.74) is -4.24. The van der Waals surface area contributed by atoms with Crippen LogP contribution in [0.5, 0.6) is 0 Å². The predicted molar refractivity (Wildman–Crippen MR) is 108 cm³/mol. The van der Waals surface area contributed by atoms with Crippen LogP contribution in [-0.2, 0) is 31.8 Å². The van der Waals surface area contributed by atoms with Crippen LogP contribution in [0.25, 0.3) is 0 Å². The zero-order valence-electron chi connectivity index (χ0n) is 17.7. The Labute approximate surface area is 190 Å². The number of halogens is 6. The standard InChI is InChI=1S/C21H18F6N2O4S/c1-29-10-12(11-7-8-13(20(22,23)24)14(9-11)21(25,26)27)17(19(29)31)18(30)28-15-5-3-4-6-16(15)34(2,32)33/h3-9,12,17H,10H2,1-2H3,(H,28,30)/t12-,17+/m1/s1. The number of likely N-dealkylation sites (tertiary alicyclic amines) is 1. The maximum absolute atomic E-state index is 13.4. The van der Waals surface area contributed by atoms with Gasteiger partial charge in [-0.05, 0) is 29.8 Å². The van der Waals surface area contributed by atoms with Crippen molar-refractivity contribution < 1.29 is 44.3 Å². The minimum Gasteiger partial charge on any atom is -0.344 e. The molecule has 1 aliphatic rings. The molecule has 1 aliphatic heterocycles. The van der Waals surface area contributed by atoms with Crippen LogP contribution in [0.2, 0.25) is 0 Å². The number of anilines is 1. The maximum Gasteiger partial charge on any atom is 0.417 e. The number of carbonyl (C=O) groups excluding carboxylic acids is 2. The Balaban J connectivity index is 2.04. The van der Waals surface area contributed by atoms with Crippen LogP contribution < -0.4 is 5.32 Å². The summed E-state index contributed by atoms with van der Waals surface area (Å²) in [4.78, 5) is 26.5. The molecule has 0 bridgehead atoms. The molecular formula is C21H18F6N2O4S. The monoisotopic (exact) mass is 508 g/mol. The number of amides is 2. The molecule has 0 unspecified atom stereocenters. The van der Waals surface area contributed by atoms with Gasteiger partial charge in [0.25, 0.3) is 0 Å². The zero-order chi connectivity index (χ0) is 25.6. The van der Waals surface area contributed by atoms with Crippen molar-refractivity contribution in [2.75, 3.05) is 25.2 Å². The van der Waals surface area contributed by atoms with Gasteiger partial charge in [0.05, 0.1) is 21.7 Å². The first kappa shape index (κ1) is 25.5. The number of para-hydroxylation sites is 1. The Hall–Kier alpha value is -3.09. The summed E-state index contributed by atoms with van der Waals surface area (Å²) in [6.45, 7) is -0.229. The smallest absolute Gasteiger partial charge is 0.344 e. The lowest BCUT2D eigenvalue weighted by molar-refractivity contribution is -0.162. The van der Waals surface area contributed by atoms with Crippen LogP contribution >= 0.6 is 0 Å². The van der Waals surface area contributed by atoms with E-state index in [2.05, 4.69) is 5.32 Å². The molecule has 0 saturated carbocycles. The molecule has 1 N–H and O–H groups in total. The van der Waals surface area contributed by atoms with Crippen molar-refractivity contribution in [3.63, 3.8) is 0 Å². The first-order valence-electron chi connectivity index (χ1n) is 9.65. The van der Waals surface area contributed by atoms with Gasteiger partial charge in [-0.15, -0.1) is 0 Å². The van der Waals surface area contributed by atoms with Gasteiger partial charge >= 0.3 is 12.4 Å². The van der Waals surface area contributed by atoms with E-state index >= 15 is 0 Å². The molecule has 13 heteroatoms. The Morgan fingerprint density at radius 2 is 1.59 bits per heavy atom. The number of nitrogens with zero attached hydrogens (tertiary/aromatic N) is 1. The average Bonchev–Trinajstić information content (AvgIpc) is 3.00. The zero-order valence-corrected chi connectivity index (χ0v) is 18.5. The fraction of sp³-hybridized carbons (Fsp3) is 0.333. The lowest BCUT2D eigenvalue weighted by atomic mass is 9.86. The van der Waals surface area contributed by atoms with E-state index in [4.69, 9.17) is 0 Å². The second-order valence-corrected chi connectivity index (χ2v) is 9.85. The first-order valence-corrected chi connectivity index (χ1v) is 11.5. The van der Waals surface area contributed by atoms with Crippen molar-refractivity contribution in [2.24, 2.45) is 5.92 Å². The molecule has 0 aromatic heterocycles. The van der Waals surface area contributed by atoms with Crippen LogP contribution in [-0.4, -0.2) is 45.0 Å². The number of benzene rings is 2. The van der Waals surface area contributed by atoms with Crippen LogP contribution in [0.1, 0.15) is 22.6 Å². The number of hydrogen-bond acceptors (Lipinski definition) is 4. The molecule has 2 atom stereocenters. The Morgan fingerprint density at radius 3 is 2.15 bits per heavy atom. The summed E-state index contributed by atoms with van der Waals surface area (Å²) in [5, 5.41) is 2.32. The minimum absolute atomic E-state index is 0.139. The molecule has 2 amide bonds. The second-order valence-electron chi connectivity index (χ2n) is 7.86. The Bertz CT molecular complexity index is 1240. The van der Waals surface area contributed by atoms with E-state index in [1.165, 1.54) is 31.3 Å². The van der Waals surface area contributed by atoms with Crippen LogP contribution in [0.3, 0.4) is 0 Å². The Morgan fingerprint density at radius 1 is 1.00 bits per heavy atom. The van der Waals surface area contributed by atoms with Gasteiger partial charge in [-0.25, -0.2) is 8.42 Å². The number of carbonyl (C=O) groups is 2. The van der Waals surface area contributed by atoms with Crippen LogP contribution in [0.15, 0.2) is 47.4 Å². The molecule has 3 rings (SSSR count). The largest absolute Gasteiger partial charge is 0.417 e. The second kappa shape index (κ2) is 8.60. The molecule has 2 aromatic rings. The molecule has 6 nitrogen and oxygen atoms in total. The SMILES string of the molecule is CN1C[C@H](c2ccc(C(F)(F)F)c(C(F)(F)F)c2)[C@@H](C(=O)Nc2ccccc2S(C)(=O)=O)C1=O. The van der Waals surface area contributed by atoms with E-state index in [1.54, 1.807) is 0 Å². The molecule has 0 aliphatic carbocycles. The molecular weight excluding hydrogens is 490 g/mol. The summed E-state index contributed by atoms with van der Waals surface area (Å²) >= 11 is 0. The van der Waals surface area contributed by atoms with Gasteiger partial charge < -0.3 is 10.2 Å². The van der Waals surface area contributed by atoms with E-state index < -0.39 is 57.0 Å². The number of likely N-dealkylation sites (N-methyl/N-ethyl adjacent to an activating group) is 1. The lowest BCUT2D eigenvalue weighted by Crippen LogP contribution is -2.33. The van der Waals surface area contributed by atoms with Gasteiger partial charge in [-0.2, -0.15) is 26.3 Å². The van der Waals surface area contributed by atoms with Crippen molar-refractivity contribution in [3.8, 4) is 0 Å². The van der Waals surface area contributed by atoms with Gasteiger partial charge in [-0.3, -0.25) is 9.59 Å². The molecule has 34 heavy (non-hydrogen) atoms. The third-order valence-electron chi connectivity index (χ3n) is 5.42. The number of sulfone groups is 1. The van der Waals surface area contributed by atoms with Crippen LogP contribution in [0, 0.1) is 5.92 Å². The van der Waals surface area contributed by atoms with E-state index in [9.17, 15) is 44.3 Å². The van der Waals surface area contributed by atoms with Gasteiger partial charge in [-0.1, -0.05) is 18.2 Å². The van der Waals surface area contributed by atoms with E-state index in [0.29, 0.717) is 6.07 Å². The third-order valence-corrected chi connectivity index (χ3v) is 6.58. The highest BCUT2D eigenvalue weighted by atomic mass is 32.2. The third kappa shape index (κ3) is 5.03. The van der Waals surface area contributed by atoms with Gasteiger partial charge in [0, 0.05) is 25.8 Å². The molecule has 2 aromatic carbocycles. The van der Waals surface area contributed by atoms with Gasteiger partial charge in [0.1, 0.15) is 5.92 Å². The van der Waals surface area contributed by atoms with Crippen molar-refractivity contribution in [1.29, 1.82) is 0 Å². The van der Waals surface area contributed by atoms with E-state index in [-0.39, 0.29) is 28.8 Å². The van der Waals surface area contributed by atoms with Crippen molar-refractivity contribution >= 4 is 27.3 Å². The van der Waals surface area contributed by atoms with Crippen molar-refractivity contribution in [3.05, 3.63) is 59.2 Å². The first-order chi connectivity index (χ1) is 15.5. The lowest BCUT2D eigenvalue weighted by Gasteiger charge is -2.21. The van der Waals surface area contributed by atoms with E-state index in [0.717, 1.165) is 17.2 Å². The number of hydrogen-bond donors (Lipinski definition) is 1. The number of nitrogens with one attached hydrogen (secondary N) is 1. The normalized spacial score (nSPS) is 19.4. The Kier molecular flexibility index (Phi) is 6.46. The summed E-state index contributed by atoms with van der Waals surface area (Å²) in [5.74, 6) is -4.56. The minimum atomic E-state index is -5.33. The molecule has 1 fully saturated rings. The number of alkyl halides is 6. The predicted octanol–water partition coefficient (Wildman–Crippen LogP) is 3.94. The number of rotatable bonds is 4. The highest BCUT2D eigenvalue weighted by molar-refractivity contribution is 7.90.